The number of benzene rings is 1. The Morgan fingerprint density at radius 3 is 2.62 bits per heavy atom. The van der Waals surface area contributed by atoms with Gasteiger partial charge in [0.25, 0.3) is 0 Å². The minimum atomic E-state index is 0.0472. The van der Waals surface area contributed by atoms with Crippen LogP contribution in [0.1, 0.15) is 33.1 Å². The van der Waals surface area contributed by atoms with Gasteiger partial charge in [-0.05, 0) is 43.4 Å². The van der Waals surface area contributed by atoms with Crippen molar-refractivity contribution in [3.63, 3.8) is 0 Å². The lowest BCUT2D eigenvalue weighted by Gasteiger charge is -2.34. The maximum atomic E-state index is 11.9. The second-order valence-electron chi connectivity index (χ2n) is 6.44. The van der Waals surface area contributed by atoms with Crippen LogP contribution in [0.3, 0.4) is 0 Å². The molecule has 1 aromatic carbocycles. The molecule has 2 atom stereocenters. The van der Waals surface area contributed by atoms with Gasteiger partial charge >= 0.3 is 0 Å². The lowest BCUT2D eigenvalue weighted by molar-refractivity contribution is -0.116. The molecule has 2 unspecified atom stereocenters. The third-order valence-corrected chi connectivity index (χ3v) is 4.06. The third-order valence-electron chi connectivity index (χ3n) is 4.06. The highest BCUT2D eigenvalue weighted by Gasteiger charge is 2.21. The summed E-state index contributed by atoms with van der Waals surface area (Å²) in [5.74, 6) is 1.59. The number of carbonyl (C=O) groups is 1. The molecule has 1 aliphatic rings. The summed E-state index contributed by atoms with van der Waals surface area (Å²) < 4.78 is 0. The largest absolute Gasteiger partial charge is 0.397 e. The highest BCUT2D eigenvalue weighted by Crippen LogP contribution is 2.21. The van der Waals surface area contributed by atoms with Crippen LogP contribution < -0.4 is 11.1 Å². The van der Waals surface area contributed by atoms with Crippen LogP contribution in [0, 0.1) is 11.8 Å². The quantitative estimate of drug-likeness (QED) is 0.819. The summed E-state index contributed by atoms with van der Waals surface area (Å²) in [6.45, 7) is 7.96. The third kappa shape index (κ3) is 5.05. The first-order valence-electron chi connectivity index (χ1n) is 7.91. The average molecular weight is 289 g/mol. The monoisotopic (exact) mass is 289 g/mol. The standard InChI is InChI=1S/C17H27N3O/c1-13-10-14(2)12-20(11-13)9-5-8-17(21)19-16-7-4-3-6-15(16)18/h3-4,6-7,13-14H,5,8-12,18H2,1-2H3,(H,19,21). The molecule has 0 aromatic heterocycles. The van der Waals surface area contributed by atoms with E-state index in [2.05, 4.69) is 24.1 Å². The van der Waals surface area contributed by atoms with Crippen molar-refractivity contribution in [3.8, 4) is 0 Å². The number of hydrogen-bond donors (Lipinski definition) is 2. The predicted molar refractivity (Wildman–Crippen MR) is 88.1 cm³/mol. The number of anilines is 2. The van der Waals surface area contributed by atoms with Gasteiger partial charge in [-0.3, -0.25) is 4.79 Å². The molecule has 1 heterocycles. The highest BCUT2D eigenvalue weighted by molar-refractivity contribution is 5.93. The van der Waals surface area contributed by atoms with Crippen LogP contribution in [0.15, 0.2) is 24.3 Å². The van der Waals surface area contributed by atoms with Gasteiger partial charge in [0.1, 0.15) is 0 Å². The van der Waals surface area contributed by atoms with Gasteiger partial charge in [0.05, 0.1) is 11.4 Å². The van der Waals surface area contributed by atoms with E-state index in [1.54, 1.807) is 6.07 Å². The smallest absolute Gasteiger partial charge is 0.224 e. The molecule has 4 heteroatoms. The summed E-state index contributed by atoms with van der Waals surface area (Å²) >= 11 is 0. The number of amides is 1. The summed E-state index contributed by atoms with van der Waals surface area (Å²) in [6.07, 6.45) is 2.77. The molecule has 4 nitrogen and oxygen atoms in total. The Bertz CT molecular complexity index is 465. The van der Waals surface area contributed by atoms with E-state index in [0.717, 1.165) is 37.9 Å². The van der Waals surface area contributed by atoms with E-state index in [1.165, 1.54) is 6.42 Å². The SMILES string of the molecule is CC1CC(C)CN(CCCC(=O)Nc2ccccc2N)C1. The fraction of sp³-hybridized carbons (Fsp3) is 0.588. The van der Waals surface area contributed by atoms with Gasteiger partial charge in [-0.15, -0.1) is 0 Å². The molecule has 0 saturated carbocycles. The fourth-order valence-electron chi connectivity index (χ4n) is 3.26. The number of rotatable bonds is 5. The average Bonchev–Trinajstić information content (AvgIpc) is 2.40. The minimum Gasteiger partial charge on any atom is -0.397 e. The maximum Gasteiger partial charge on any atom is 0.224 e. The molecule has 21 heavy (non-hydrogen) atoms. The Kier molecular flexibility index (Phi) is 5.62. The molecule has 1 saturated heterocycles. The molecule has 1 amide bonds. The number of nitrogens with two attached hydrogens (primary N) is 1. The Morgan fingerprint density at radius 2 is 1.95 bits per heavy atom. The van der Waals surface area contributed by atoms with Gasteiger partial charge in [-0.1, -0.05) is 26.0 Å². The number of carbonyl (C=O) groups excluding carboxylic acids is 1. The number of nitrogen functional groups attached to an aromatic ring is 1. The van der Waals surface area contributed by atoms with Crippen molar-refractivity contribution in [2.45, 2.75) is 33.1 Å². The first kappa shape index (κ1) is 15.8. The number of nitrogens with zero attached hydrogens (tertiary/aromatic N) is 1. The van der Waals surface area contributed by atoms with E-state index in [9.17, 15) is 4.79 Å². The molecule has 0 aliphatic carbocycles. The molecule has 1 aliphatic heterocycles. The van der Waals surface area contributed by atoms with Crippen LogP contribution in [0.2, 0.25) is 0 Å². The Labute approximate surface area is 127 Å². The topological polar surface area (TPSA) is 58.4 Å². The van der Waals surface area contributed by atoms with Gasteiger partial charge in [-0.25, -0.2) is 0 Å². The summed E-state index contributed by atoms with van der Waals surface area (Å²) in [7, 11) is 0. The first-order chi connectivity index (χ1) is 10.0. The fourth-order valence-corrected chi connectivity index (χ4v) is 3.26. The molecule has 1 aromatic rings. The number of nitrogens with one attached hydrogen (secondary N) is 1. The Balaban J connectivity index is 1.71. The lowest BCUT2D eigenvalue weighted by Crippen LogP contribution is -2.39. The van der Waals surface area contributed by atoms with E-state index in [4.69, 9.17) is 5.73 Å². The van der Waals surface area contributed by atoms with Crippen LogP contribution >= 0.6 is 0 Å². The van der Waals surface area contributed by atoms with Crippen molar-refractivity contribution < 1.29 is 4.79 Å². The summed E-state index contributed by atoms with van der Waals surface area (Å²) in [4.78, 5) is 14.4. The van der Waals surface area contributed by atoms with Crippen LogP contribution in [-0.4, -0.2) is 30.4 Å². The molecular formula is C17H27N3O. The van der Waals surface area contributed by atoms with Crippen molar-refractivity contribution in [3.05, 3.63) is 24.3 Å². The number of hydrogen-bond acceptors (Lipinski definition) is 3. The van der Waals surface area contributed by atoms with Gasteiger partial charge in [0, 0.05) is 19.5 Å². The van der Waals surface area contributed by atoms with E-state index in [0.29, 0.717) is 17.8 Å². The Morgan fingerprint density at radius 1 is 1.29 bits per heavy atom. The predicted octanol–water partition coefficient (Wildman–Crippen LogP) is 2.97. The second kappa shape index (κ2) is 7.46. The van der Waals surface area contributed by atoms with Crippen molar-refractivity contribution >= 4 is 17.3 Å². The zero-order chi connectivity index (χ0) is 15.2. The van der Waals surface area contributed by atoms with Crippen molar-refractivity contribution in [2.24, 2.45) is 11.8 Å². The van der Waals surface area contributed by atoms with Gasteiger partial charge in [0.15, 0.2) is 0 Å². The summed E-state index contributed by atoms with van der Waals surface area (Å²) in [6, 6.07) is 7.37. The minimum absolute atomic E-state index is 0.0472. The number of likely N-dealkylation sites (tertiary alicyclic amines) is 1. The van der Waals surface area contributed by atoms with Crippen LogP contribution in [-0.2, 0) is 4.79 Å². The van der Waals surface area contributed by atoms with Crippen LogP contribution in [0.5, 0.6) is 0 Å². The van der Waals surface area contributed by atoms with Crippen molar-refractivity contribution in [1.82, 2.24) is 4.90 Å². The van der Waals surface area contributed by atoms with Crippen molar-refractivity contribution in [1.29, 1.82) is 0 Å². The molecule has 1 fully saturated rings. The van der Waals surface area contributed by atoms with E-state index in [1.807, 2.05) is 18.2 Å². The zero-order valence-corrected chi connectivity index (χ0v) is 13.1. The molecule has 2 rings (SSSR count). The van der Waals surface area contributed by atoms with E-state index < -0.39 is 0 Å². The summed E-state index contributed by atoms with van der Waals surface area (Å²) in [5, 5.41) is 2.88. The van der Waals surface area contributed by atoms with E-state index >= 15 is 0 Å². The molecule has 0 bridgehead atoms. The maximum absolute atomic E-state index is 11.9. The van der Waals surface area contributed by atoms with Crippen LogP contribution in [0.4, 0.5) is 11.4 Å². The normalized spacial score (nSPS) is 23.0. The molecule has 0 radical (unpaired) electrons. The summed E-state index contributed by atoms with van der Waals surface area (Å²) in [5.41, 5.74) is 7.15. The van der Waals surface area contributed by atoms with E-state index in [-0.39, 0.29) is 5.91 Å². The lowest BCUT2D eigenvalue weighted by atomic mass is 9.92. The van der Waals surface area contributed by atoms with Crippen molar-refractivity contribution in [2.75, 3.05) is 30.7 Å². The van der Waals surface area contributed by atoms with Gasteiger partial charge in [0.2, 0.25) is 5.91 Å². The zero-order valence-electron chi connectivity index (χ0n) is 13.1. The molecule has 3 N–H and O–H groups in total. The molecular weight excluding hydrogens is 262 g/mol. The first-order valence-corrected chi connectivity index (χ1v) is 7.91. The number of para-hydroxylation sites is 2. The highest BCUT2D eigenvalue weighted by atomic mass is 16.1. The number of piperidine rings is 1. The Hall–Kier alpha value is -1.55. The van der Waals surface area contributed by atoms with Gasteiger partial charge in [-0.2, -0.15) is 0 Å². The van der Waals surface area contributed by atoms with Crippen LogP contribution in [0.25, 0.3) is 0 Å². The second-order valence-corrected chi connectivity index (χ2v) is 6.44. The van der Waals surface area contributed by atoms with Gasteiger partial charge < -0.3 is 16.0 Å². The molecule has 116 valence electrons. The molecule has 0 spiro atoms.